The zero-order valence-electron chi connectivity index (χ0n) is 14.8. The molecule has 5 heteroatoms. The fourth-order valence-corrected chi connectivity index (χ4v) is 3.90. The molecule has 2 unspecified atom stereocenters. The Balaban J connectivity index is 1.60. The molecule has 0 fully saturated rings. The molecule has 0 saturated carbocycles. The lowest BCUT2D eigenvalue weighted by Crippen LogP contribution is -2.33. The van der Waals surface area contributed by atoms with Crippen LogP contribution in [0.25, 0.3) is 0 Å². The summed E-state index contributed by atoms with van der Waals surface area (Å²) in [6.45, 7) is 2.09. The van der Waals surface area contributed by atoms with Crippen LogP contribution in [0.1, 0.15) is 40.9 Å². The number of hydrogen-bond acceptors (Lipinski definition) is 4. The number of rotatable bonds is 2. The van der Waals surface area contributed by atoms with Gasteiger partial charge < -0.3 is 4.74 Å². The second-order valence-corrected chi connectivity index (χ2v) is 7.39. The summed E-state index contributed by atoms with van der Waals surface area (Å²) in [6.07, 6.45) is 4.11. The van der Waals surface area contributed by atoms with Crippen LogP contribution in [0.3, 0.4) is 0 Å². The molecular weight excluding hydrogens is 358 g/mol. The first kappa shape index (κ1) is 16.3. The van der Waals surface area contributed by atoms with Crippen molar-refractivity contribution in [2.24, 2.45) is 5.10 Å². The quantitative estimate of drug-likeness (QED) is 0.611. The fraction of sp³-hybridized carbons (Fsp3) is 0.182. The van der Waals surface area contributed by atoms with Crippen molar-refractivity contribution in [3.05, 3.63) is 94.3 Å². The van der Waals surface area contributed by atoms with Crippen molar-refractivity contribution < 1.29 is 4.74 Å². The third kappa shape index (κ3) is 2.86. The summed E-state index contributed by atoms with van der Waals surface area (Å²) < 4.78 is 6.31. The highest BCUT2D eigenvalue weighted by atomic mass is 35.5. The normalized spacial score (nSPS) is 20.5. The summed E-state index contributed by atoms with van der Waals surface area (Å²) >= 11 is 6.27. The van der Waals surface area contributed by atoms with E-state index in [0.29, 0.717) is 5.02 Å². The summed E-state index contributed by atoms with van der Waals surface area (Å²) in [5.74, 6) is 0.856. The maximum atomic E-state index is 6.31. The average Bonchev–Trinajstić information content (AvgIpc) is 3.14. The summed E-state index contributed by atoms with van der Waals surface area (Å²) in [4.78, 5) is 4.25. The topological polar surface area (TPSA) is 37.7 Å². The maximum Gasteiger partial charge on any atom is 0.215 e. The van der Waals surface area contributed by atoms with Crippen LogP contribution in [0.15, 0.2) is 72.1 Å². The number of hydrogen-bond donors (Lipinski definition) is 0. The average molecular weight is 376 g/mol. The highest BCUT2D eigenvalue weighted by molar-refractivity contribution is 6.30. The van der Waals surface area contributed by atoms with Gasteiger partial charge in [-0.25, -0.2) is 5.01 Å². The van der Waals surface area contributed by atoms with Crippen LogP contribution >= 0.6 is 11.6 Å². The van der Waals surface area contributed by atoms with E-state index < -0.39 is 0 Å². The first-order valence-corrected chi connectivity index (χ1v) is 9.36. The molecule has 4 nitrogen and oxygen atoms in total. The van der Waals surface area contributed by atoms with E-state index in [1.165, 1.54) is 5.56 Å². The van der Waals surface area contributed by atoms with Crippen LogP contribution in [-0.4, -0.2) is 15.7 Å². The van der Waals surface area contributed by atoms with Gasteiger partial charge in [0, 0.05) is 35.0 Å². The molecule has 0 radical (unpaired) electrons. The third-order valence-corrected chi connectivity index (χ3v) is 5.34. The number of ether oxygens (including phenoxy) is 1. The molecule has 3 heterocycles. The molecule has 2 aromatic carbocycles. The van der Waals surface area contributed by atoms with E-state index >= 15 is 0 Å². The zero-order valence-corrected chi connectivity index (χ0v) is 15.6. The Hall–Kier alpha value is -2.85. The van der Waals surface area contributed by atoms with Crippen LogP contribution in [0.2, 0.25) is 5.02 Å². The summed E-state index contributed by atoms with van der Waals surface area (Å²) in [6, 6.07) is 18.3. The Morgan fingerprint density at radius 3 is 2.74 bits per heavy atom. The smallest absolute Gasteiger partial charge is 0.215 e. The number of hydrazone groups is 1. The molecule has 2 atom stereocenters. The Bertz CT molecular complexity index is 1020. The number of halogens is 1. The lowest BCUT2D eigenvalue weighted by molar-refractivity contribution is -0.0192. The van der Waals surface area contributed by atoms with Crippen molar-refractivity contribution in [2.45, 2.75) is 25.6 Å². The lowest BCUT2D eigenvalue weighted by atomic mass is 9.96. The molecule has 0 saturated heterocycles. The lowest BCUT2D eigenvalue weighted by Gasteiger charge is -2.38. The van der Waals surface area contributed by atoms with Gasteiger partial charge in [0.25, 0.3) is 0 Å². The van der Waals surface area contributed by atoms with E-state index in [-0.39, 0.29) is 12.3 Å². The monoisotopic (exact) mass is 375 g/mol. The highest BCUT2D eigenvalue weighted by Crippen LogP contribution is 2.48. The second-order valence-electron chi connectivity index (χ2n) is 6.95. The Kier molecular flexibility index (Phi) is 3.87. The molecule has 3 aromatic rings. The number of pyridine rings is 1. The van der Waals surface area contributed by atoms with Gasteiger partial charge in [-0.1, -0.05) is 47.5 Å². The fourth-order valence-electron chi connectivity index (χ4n) is 3.72. The van der Waals surface area contributed by atoms with E-state index in [1.54, 1.807) is 6.20 Å². The molecular formula is C22H18ClN3O. The zero-order chi connectivity index (χ0) is 18.4. The third-order valence-electron chi connectivity index (χ3n) is 5.11. The predicted molar refractivity (Wildman–Crippen MR) is 106 cm³/mol. The minimum Gasteiger partial charge on any atom is -0.464 e. The summed E-state index contributed by atoms with van der Waals surface area (Å²) in [5, 5.41) is 7.71. The predicted octanol–water partition coefficient (Wildman–Crippen LogP) is 5.29. The molecule has 0 N–H and O–H groups in total. The maximum absolute atomic E-state index is 6.31. The number of fused-ring (bicyclic) bond motifs is 3. The molecule has 1 aromatic heterocycles. The number of benzene rings is 2. The SMILES string of the molecule is Cc1ccc(C2=NN3C(C2)c2cc(Cl)ccc2OC3c2cccnc2)cc1. The minimum absolute atomic E-state index is 0.0916. The molecule has 2 aliphatic heterocycles. The van der Waals surface area contributed by atoms with Crippen LogP contribution in [-0.2, 0) is 0 Å². The molecule has 5 rings (SSSR count). The van der Waals surface area contributed by atoms with E-state index in [4.69, 9.17) is 21.4 Å². The Labute approximate surface area is 163 Å². The molecule has 0 spiro atoms. The Morgan fingerprint density at radius 2 is 1.96 bits per heavy atom. The first-order chi connectivity index (χ1) is 13.2. The van der Waals surface area contributed by atoms with E-state index in [0.717, 1.165) is 34.6 Å². The summed E-state index contributed by atoms with van der Waals surface area (Å²) in [7, 11) is 0. The molecule has 27 heavy (non-hydrogen) atoms. The van der Waals surface area contributed by atoms with Crippen molar-refractivity contribution >= 4 is 17.3 Å². The van der Waals surface area contributed by atoms with Gasteiger partial charge in [0.2, 0.25) is 6.23 Å². The van der Waals surface area contributed by atoms with Crippen LogP contribution in [0, 0.1) is 6.92 Å². The van der Waals surface area contributed by atoms with Crippen molar-refractivity contribution in [2.75, 3.05) is 0 Å². The molecule has 0 amide bonds. The Morgan fingerprint density at radius 1 is 1.11 bits per heavy atom. The van der Waals surface area contributed by atoms with Gasteiger partial charge in [0.15, 0.2) is 0 Å². The summed E-state index contributed by atoms with van der Waals surface area (Å²) in [5.41, 5.74) is 5.50. The van der Waals surface area contributed by atoms with Crippen molar-refractivity contribution in [1.82, 2.24) is 9.99 Å². The van der Waals surface area contributed by atoms with Gasteiger partial charge in [0.05, 0.1) is 11.8 Å². The van der Waals surface area contributed by atoms with Gasteiger partial charge >= 0.3 is 0 Å². The van der Waals surface area contributed by atoms with Crippen LogP contribution in [0.4, 0.5) is 0 Å². The minimum atomic E-state index is -0.305. The van der Waals surface area contributed by atoms with Gasteiger partial charge in [-0.3, -0.25) is 4.98 Å². The number of aryl methyl sites for hydroxylation is 1. The van der Waals surface area contributed by atoms with E-state index in [1.807, 2.05) is 41.5 Å². The largest absolute Gasteiger partial charge is 0.464 e. The standard InChI is InChI=1S/C22H18ClN3O/c1-14-4-6-15(7-5-14)19-12-20-18-11-17(23)8-9-21(18)27-22(26(20)25-19)16-3-2-10-24-13-16/h2-11,13,20,22H,12H2,1H3. The van der Waals surface area contributed by atoms with Crippen molar-refractivity contribution in [1.29, 1.82) is 0 Å². The second kappa shape index (κ2) is 6.39. The number of aromatic nitrogens is 1. The van der Waals surface area contributed by atoms with Gasteiger partial charge in [-0.15, -0.1) is 0 Å². The molecule has 2 aliphatic rings. The van der Waals surface area contributed by atoms with Crippen molar-refractivity contribution in [3.63, 3.8) is 0 Å². The molecule has 0 aliphatic carbocycles. The van der Waals surface area contributed by atoms with Crippen LogP contribution in [0.5, 0.6) is 5.75 Å². The van der Waals surface area contributed by atoms with Gasteiger partial charge in [0.1, 0.15) is 5.75 Å². The molecule has 0 bridgehead atoms. The molecule has 134 valence electrons. The van der Waals surface area contributed by atoms with Crippen molar-refractivity contribution in [3.8, 4) is 5.75 Å². The highest BCUT2D eigenvalue weighted by Gasteiger charge is 2.41. The van der Waals surface area contributed by atoms with Crippen LogP contribution < -0.4 is 4.74 Å². The first-order valence-electron chi connectivity index (χ1n) is 8.98. The van der Waals surface area contributed by atoms with E-state index in [9.17, 15) is 0 Å². The van der Waals surface area contributed by atoms with E-state index in [2.05, 4.69) is 36.2 Å². The van der Waals surface area contributed by atoms with Gasteiger partial charge in [-0.2, -0.15) is 5.10 Å². The van der Waals surface area contributed by atoms with Gasteiger partial charge in [-0.05, 0) is 36.8 Å². The number of nitrogens with zero attached hydrogens (tertiary/aromatic N) is 3.